The Labute approximate surface area is 140 Å². The summed E-state index contributed by atoms with van der Waals surface area (Å²) in [6.07, 6.45) is 0.683. The Morgan fingerprint density at radius 1 is 1.36 bits per heavy atom. The van der Waals surface area contributed by atoms with Crippen LogP contribution in [-0.2, 0) is 9.59 Å². The molecule has 0 aliphatic heterocycles. The molecule has 0 spiro atoms. The predicted molar refractivity (Wildman–Crippen MR) is 90.7 cm³/mol. The van der Waals surface area contributed by atoms with Crippen LogP contribution in [0.4, 0.5) is 0 Å². The molecule has 122 valence electrons. The lowest BCUT2D eigenvalue weighted by Gasteiger charge is -2.24. The van der Waals surface area contributed by atoms with Crippen LogP contribution in [-0.4, -0.2) is 21.9 Å². The number of benzene rings is 1. The van der Waals surface area contributed by atoms with Crippen LogP contribution in [0, 0.1) is 5.41 Å². The Hall–Kier alpha value is -1.04. The normalized spacial score (nSPS) is 12.8. The van der Waals surface area contributed by atoms with Gasteiger partial charge in [-0.05, 0) is 26.3 Å². The first-order chi connectivity index (χ1) is 10.3. The Morgan fingerprint density at radius 3 is 2.59 bits per heavy atom. The van der Waals surface area contributed by atoms with Crippen molar-refractivity contribution in [1.29, 1.82) is 0 Å². The first-order valence-electron chi connectivity index (χ1n) is 7.21. The average molecular weight is 344 g/mol. The van der Waals surface area contributed by atoms with Gasteiger partial charge in [0.1, 0.15) is 5.41 Å². The van der Waals surface area contributed by atoms with E-state index in [9.17, 15) is 14.7 Å². The van der Waals surface area contributed by atoms with Gasteiger partial charge in [0, 0.05) is 16.3 Å². The standard InChI is InChI=1S/C16H22ClNO3S/c1-4-5-10-22-15(21)16(2,3)14(20)18-13(19)11-8-6-7-9-12(11)17/h6-9,13,19H,4-5,10H2,1-3H3,(H,18,20). The second-order valence-electron chi connectivity index (χ2n) is 5.51. The van der Waals surface area contributed by atoms with Crippen LogP contribution < -0.4 is 5.32 Å². The van der Waals surface area contributed by atoms with E-state index in [4.69, 9.17) is 11.6 Å². The van der Waals surface area contributed by atoms with Gasteiger partial charge in [0.25, 0.3) is 0 Å². The summed E-state index contributed by atoms with van der Waals surface area (Å²) in [5, 5.41) is 12.7. The smallest absolute Gasteiger partial charge is 0.236 e. The number of carbonyl (C=O) groups is 2. The zero-order chi connectivity index (χ0) is 16.8. The third kappa shape index (κ3) is 5.00. The number of aliphatic hydroxyl groups excluding tert-OH is 1. The molecule has 6 heteroatoms. The van der Waals surface area contributed by atoms with Crippen molar-refractivity contribution in [3.8, 4) is 0 Å². The number of amides is 1. The second kappa shape index (κ2) is 8.56. The Kier molecular flexibility index (Phi) is 7.39. The monoisotopic (exact) mass is 343 g/mol. The van der Waals surface area contributed by atoms with Crippen LogP contribution in [0.25, 0.3) is 0 Å². The number of thioether (sulfide) groups is 1. The third-order valence-electron chi connectivity index (χ3n) is 3.28. The summed E-state index contributed by atoms with van der Waals surface area (Å²) >= 11 is 7.14. The molecular weight excluding hydrogens is 322 g/mol. The summed E-state index contributed by atoms with van der Waals surface area (Å²) in [6.45, 7) is 5.16. The van der Waals surface area contributed by atoms with Gasteiger partial charge in [-0.2, -0.15) is 0 Å². The Balaban J connectivity index is 2.70. The quantitative estimate of drug-likeness (QED) is 0.451. The summed E-state index contributed by atoms with van der Waals surface area (Å²) in [5.74, 6) is 0.174. The van der Waals surface area contributed by atoms with E-state index in [2.05, 4.69) is 5.32 Å². The van der Waals surface area contributed by atoms with Gasteiger partial charge >= 0.3 is 0 Å². The first-order valence-corrected chi connectivity index (χ1v) is 8.57. The summed E-state index contributed by atoms with van der Waals surface area (Å²) in [7, 11) is 0. The van der Waals surface area contributed by atoms with E-state index in [1.807, 2.05) is 6.92 Å². The van der Waals surface area contributed by atoms with Gasteiger partial charge in [0.15, 0.2) is 6.23 Å². The molecule has 0 saturated heterocycles. The van der Waals surface area contributed by atoms with Crippen molar-refractivity contribution in [2.24, 2.45) is 5.41 Å². The number of nitrogens with one attached hydrogen (secondary N) is 1. The summed E-state index contributed by atoms with van der Waals surface area (Å²) in [6, 6.07) is 6.70. The zero-order valence-electron chi connectivity index (χ0n) is 13.1. The summed E-state index contributed by atoms with van der Waals surface area (Å²) in [4.78, 5) is 24.4. The van der Waals surface area contributed by atoms with Crippen molar-refractivity contribution < 1.29 is 14.7 Å². The molecule has 22 heavy (non-hydrogen) atoms. The van der Waals surface area contributed by atoms with Gasteiger partial charge in [-0.15, -0.1) is 0 Å². The van der Waals surface area contributed by atoms with E-state index in [1.165, 1.54) is 0 Å². The van der Waals surface area contributed by atoms with Gasteiger partial charge in [0.2, 0.25) is 11.0 Å². The van der Waals surface area contributed by atoms with Crippen molar-refractivity contribution in [2.75, 3.05) is 5.75 Å². The molecule has 0 bridgehead atoms. The van der Waals surface area contributed by atoms with Gasteiger partial charge in [-0.25, -0.2) is 0 Å². The van der Waals surface area contributed by atoms with Gasteiger partial charge in [-0.3, -0.25) is 9.59 Å². The van der Waals surface area contributed by atoms with Crippen LogP contribution in [0.2, 0.25) is 5.02 Å². The highest BCUT2D eigenvalue weighted by Crippen LogP contribution is 2.27. The summed E-state index contributed by atoms with van der Waals surface area (Å²) < 4.78 is 0. The minimum absolute atomic E-state index is 0.204. The highest BCUT2D eigenvalue weighted by atomic mass is 35.5. The molecule has 0 aromatic heterocycles. The number of hydrogen-bond donors (Lipinski definition) is 2. The Morgan fingerprint density at radius 2 is 2.00 bits per heavy atom. The largest absolute Gasteiger partial charge is 0.369 e. The van der Waals surface area contributed by atoms with Crippen LogP contribution in [0.3, 0.4) is 0 Å². The molecule has 1 aromatic carbocycles. The SMILES string of the molecule is CCCCSC(=O)C(C)(C)C(=O)NC(O)c1ccccc1Cl. The van der Waals surface area contributed by atoms with E-state index in [-0.39, 0.29) is 5.12 Å². The van der Waals surface area contributed by atoms with Crippen LogP contribution in [0.1, 0.15) is 45.4 Å². The van der Waals surface area contributed by atoms with Gasteiger partial charge in [0.05, 0.1) is 0 Å². The van der Waals surface area contributed by atoms with Gasteiger partial charge in [-0.1, -0.05) is 54.9 Å². The first kappa shape index (κ1) is 19.0. The molecule has 1 aromatic rings. The number of aliphatic hydroxyl groups is 1. The highest BCUT2D eigenvalue weighted by Gasteiger charge is 2.37. The lowest BCUT2D eigenvalue weighted by molar-refractivity contribution is -0.138. The molecule has 0 fully saturated rings. The lowest BCUT2D eigenvalue weighted by Crippen LogP contribution is -2.43. The Bertz CT molecular complexity index is 534. The fourth-order valence-electron chi connectivity index (χ4n) is 1.66. The van der Waals surface area contributed by atoms with Crippen molar-refractivity contribution in [2.45, 2.75) is 39.8 Å². The lowest BCUT2D eigenvalue weighted by atomic mass is 9.94. The maximum absolute atomic E-state index is 12.3. The van der Waals surface area contributed by atoms with E-state index < -0.39 is 17.6 Å². The summed E-state index contributed by atoms with van der Waals surface area (Å²) in [5.41, 5.74) is -0.805. The maximum Gasteiger partial charge on any atom is 0.236 e. The average Bonchev–Trinajstić information content (AvgIpc) is 2.47. The van der Waals surface area contributed by atoms with E-state index in [0.717, 1.165) is 24.6 Å². The fraction of sp³-hybridized carbons (Fsp3) is 0.500. The third-order valence-corrected chi connectivity index (χ3v) is 4.89. The van der Waals surface area contributed by atoms with Crippen LogP contribution in [0.15, 0.2) is 24.3 Å². The zero-order valence-corrected chi connectivity index (χ0v) is 14.6. The fourth-order valence-corrected chi connectivity index (χ4v) is 2.97. The van der Waals surface area contributed by atoms with Crippen LogP contribution >= 0.6 is 23.4 Å². The minimum atomic E-state index is -1.24. The topological polar surface area (TPSA) is 66.4 Å². The number of carbonyl (C=O) groups excluding carboxylic acids is 2. The van der Waals surface area contributed by atoms with Crippen molar-refractivity contribution in [3.05, 3.63) is 34.9 Å². The van der Waals surface area contributed by atoms with E-state index >= 15 is 0 Å². The number of unbranched alkanes of at least 4 members (excludes halogenated alkanes) is 1. The maximum atomic E-state index is 12.3. The number of halogens is 1. The molecular formula is C16H22ClNO3S. The van der Waals surface area contributed by atoms with Crippen molar-refractivity contribution in [3.63, 3.8) is 0 Å². The highest BCUT2D eigenvalue weighted by molar-refractivity contribution is 8.13. The molecule has 1 rings (SSSR count). The van der Waals surface area contributed by atoms with E-state index in [0.29, 0.717) is 16.3 Å². The molecule has 0 saturated carbocycles. The van der Waals surface area contributed by atoms with Gasteiger partial charge < -0.3 is 10.4 Å². The molecule has 0 aliphatic rings. The number of hydrogen-bond acceptors (Lipinski definition) is 4. The predicted octanol–water partition coefficient (Wildman–Crippen LogP) is 3.53. The molecule has 0 aliphatic carbocycles. The molecule has 0 radical (unpaired) electrons. The number of rotatable bonds is 7. The molecule has 0 heterocycles. The van der Waals surface area contributed by atoms with Crippen LogP contribution in [0.5, 0.6) is 0 Å². The molecule has 2 N–H and O–H groups in total. The molecule has 1 amide bonds. The van der Waals surface area contributed by atoms with Crippen molar-refractivity contribution >= 4 is 34.4 Å². The van der Waals surface area contributed by atoms with E-state index in [1.54, 1.807) is 38.1 Å². The minimum Gasteiger partial charge on any atom is -0.369 e. The molecule has 1 atom stereocenters. The second-order valence-corrected chi connectivity index (χ2v) is 6.99. The molecule has 1 unspecified atom stereocenters. The molecule has 4 nitrogen and oxygen atoms in total. The van der Waals surface area contributed by atoms with Crippen molar-refractivity contribution in [1.82, 2.24) is 5.32 Å².